The molecule has 0 aliphatic heterocycles. The zero-order chi connectivity index (χ0) is 24.6. The van der Waals surface area contributed by atoms with E-state index in [1.807, 2.05) is 0 Å². The molecule has 4 rings (SSSR count). The van der Waals surface area contributed by atoms with Crippen LogP contribution in [0.3, 0.4) is 0 Å². The van der Waals surface area contributed by atoms with Crippen molar-refractivity contribution >= 4 is 34.5 Å². The van der Waals surface area contributed by atoms with Crippen LogP contribution in [0.4, 0.5) is 30.4 Å². The van der Waals surface area contributed by atoms with Gasteiger partial charge < -0.3 is 25.8 Å². The SMILES string of the molecule is CNC(=O)c1cnc(NC(=O)C2CC2)cc1Nc1ccn2ncc(C(O)C(F)(F)F)c2c1OC. The fourth-order valence-electron chi connectivity index (χ4n) is 3.42. The minimum absolute atomic E-state index is 0.0402. The predicted molar refractivity (Wildman–Crippen MR) is 115 cm³/mol. The number of rotatable bonds is 7. The van der Waals surface area contributed by atoms with Crippen LogP contribution in [0, 0.1) is 5.92 Å². The molecule has 1 atom stereocenters. The van der Waals surface area contributed by atoms with E-state index in [1.165, 1.54) is 38.7 Å². The molecule has 13 heteroatoms. The predicted octanol–water partition coefficient (Wildman–Crippen LogP) is 2.79. The topological polar surface area (TPSA) is 130 Å². The maximum Gasteiger partial charge on any atom is 0.418 e. The number of fused-ring (bicyclic) bond motifs is 1. The quantitative estimate of drug-likeness (QED) is 0.411. The third kappa shape index (κ3) is 4.46. The molecule has 0 spiro atoms. The van der Waals surface area contributed by atoms with E-state index in [0.717, 1.165) is 23.6 Å². The lowest BCUT2D eigenvalue weighted by Crippen LogP contribution is -2.21. The number of anilines is 3. The molecule has 34 heavy (non-hydrogen) atoms. The van der Waals surface area contributed by atoms with Crippen LogP contribution in [0.2, 0.25) is 0 Å². The lowest BCUT2D eigenvalue weighted by atomic mass is 10.1. The molecular formula is C21H21F3N6O4. The van der Waals surface area contributed by atoms with Crippen molar-refractivity contribution in [1.82, 2.24) is 19.9 Å². The average molecular weight is 478 g/mol. The third-order valence-electron chi connectivity index (χ3n) is 5.32. The first-order valence-electron chi connectivity index (χ1n) is 10.2. The van der Waals surface area contributed by atoms with Gasteiger partial charge in [0.15, 0.2) is 11.9 Å². The summed E-state index contributed by atoms with van der Waals surface area (Å²) in [6.07, 6.45) is -2.54. The van der Waals surface area contributed by atoms with Crippen molar-refractivity contribution < 1.29 is 32.6 Å². The number of halogens is 3. The maximum atomic E-state index is 13.2. The number of aromatic nitrogens is 3. The number of nitrogens with one attached hydrogen (secondary N) is 3. The number of methoxy groups -OCH3 is 1. The average Bonchev–Trinajstić information content (AvgIpc) is 3.57. The summed E-state index contributed by atoms with van der Waals surface area (Å²) in [5, 5.41) is 21.8. The number of carbonyl (C=O) groups excluding carboxylic acids is 2. The summed E-state index contributed by atoms with van der Waals surface area (Å²) in [4.78, 5) is 28.6. The summed E-state index contributed by atoms with van der Waals surface area (Å²) < 4.78 is 46.1. The van der Waals surface area contributed by atoms with Gasteiger partial charge in [0.25, 0.3) is 5.91 Å². The van der Waals surface area contributed by atoms with Gasteiger partial charge in [-0.05, 0) is 18.9 Å². The van der Waals surface area contributed by atoms with Gasteiger partial charge in [0, 0.05) is 37.0 Å². The van der Waals surface area contributed by atoms with Crippen LogP contribution in [-0.2, 0) is 4.79 Å². The Hall–Kier alpha value is -3.87. The van der Waals surface area contributed by atoms with Crippen molar-refractivity contribution in [3.8, 4) is 5.75 Å². The van der Waals surface area contributed by atoms with Gasteiger partial charge in [-0.3, -0.25) is 9.59 Å². The van der Waals surface area contributed by atoms with Crippen LogP contribution in [-0.4, -0.2) is 51.9 Å². The van der Waals surface area contributed by atoms with Crippen LogP contribution in [0.15, 0.2) is 30.7 Å². The number of hydrogen-bond acceptors (Lipinski definition) is 7. The van der Waals surface area contributed by atoms with Crippen LogP contribution in [0.25, 0.3) is 5.52 Å². The van der Waals surface area contributed by atoms with E-state index < -0.39 is 23.8 Å². The highest BCUT2D eigenvalue weighted by molar-refractivity contribution is 6.01. The van der Waals surface area contributed by atoms with E-state index in [4.69, 9.17) is 4.74 Å². The van der Waals surface area contributed by atoms with Crippen LogP contribution in [0.5, 0.6) is 5.75 Å². The first-order chi connectivity index (χ1) is 16.1. The van der Waals surface area contributed by atoms with E-state index >= 15 is 0 Å². The van der Waals surface area contributed by atoms with Gasteiger partial charge in [0.2, 0.25) is 5.91 Å². The molecule has 1 saturated carbocycles. The fraction of sp³-hybridized carbons (Fsp3) is 0.333. The molecule has 0 aromatic carbocycles. The summed E-state index contributed by atoms with van der Waals surface area (Å²) >= 11 is 0. The van der Waals surface area contributed by atoms with Crippen molar-refractivity contribution in [1.29, 1.82) is 0 Å². The molecule has 2 amide bonds. The third-order valence-corrected chi connectivity index (χ3v) is 5.32. The second-order valence-corrected chi connectivity index (χ2v) is 7.68. The number of alkyl halides is 3. The number of carbonyl (C=O) groups is 2. The summed E-state index contributed by atoms with van der Waals surface area (Å²) in [7, 11) is 2.68. The van der Waals surface area contributed by atoms with Crippen LogP contribution in [0.1, 0.15) is 34.9 Å². The number of aliphatic hydroxyl groups excluding tert-OH is 1. The number of pyridine rings is 2. The van der Waals surface area contributed by atoms with Gasteiger partial charge in [-0.15, -0.1) is 0 Å². The van der Waals surface area contributed by atoms with Gasteiger partial charge >= 0.3 is 6.18 Å². The van der Waals surface area contributed by atoms with Crippen molar-refractivity contribution in [2.75, 3.05) is 24.8 Å². The Balaban J connectivity index is 1.77. The van der Waals surface area contributed by atoms with Gasteiger partial charge in [-0.25, -0.2) is 9.50 Å². The van der Waals surface area contributed by atoms with Crippen LogP contribution >= 0.6 is 0 Å². The number of hydrogen-bond donors (Lipinski definition) is 4. The van der Waals surface area contributed by atoms with E-state index in [1.54, 1.807) is 0 Å². The standard InChI is InChI=1S/C21H21F3N6O4/c1-25-20(33)11-8-26-15(29-19(32)10-3-4-10)7-14(11)28-13-5-6-30-16(17(13)34-2)12(9-27-30)18(31)21(22,23)24/h5-10,18,31H,3-4H2,1-2H3,(H,25,33)(H2,26,28,29,32). The molecule has 1 aliphatic rings. The summed E-state index contributed by atoms with van der Waals surface area (Å²) in [6.45, 7) is 0. The van der Waals surface area contributed by atoms with E-state index in [9.17, 15) is 27.9 Å². The number of amides is 2. The van der Waals surface area contributed by atoms with Crippen molar-refractivity contribution in [3.63, 3.8) is 0 Å². The molecule has 0 radical (unpaired) electrons. The molecule has 3 aromatic rings. The fourth-order valence-corrected chi connectivity index (χ4v) is 3.42. The highest BCUT2D eigenvalue weighted by atomic mass is 19.4. The molecule has 3 aromatic heterocycles. The highest BCUT2D eigenvalue weighted by Gasteiger charge is 2.41. The largest absolute Gasteiger partial charge is 0.492 e. The monoisotopic (exact) mass is 478 g/mol. The van der Waals surface area contributed by atoms with Crippen molar-refractivity contribution in [2.45, 2.75) is 25.1 Å². The normalized spacial score (nSPS) is 14.5. The Kier molecular flexibility index (Phi) is 6.04. The molecular weight excluding hydrogens is 457 g/mol. The second kappa shape index (κ2) is 8.82. The maximum absolute atomic E-state index is 13.2. The minimum Gasteiger partial charge on any atom is -0.492 e. The molecule has 1 unspecified atom stereocenters. The molecule has 3 heterocycles. The van der Waals surface area contributed by atoms with Gasteiger partial charge in [0.05, 0.1) is 30.2 Å². The highest BCUT2D eigenvalue weighted by Crippen LogP contribution is 2.41. The Morgan fingerprint density at radius 3 is 2.62 bits per heavy atom. The minimum atomic E-state index is -4.91. The molecule has 180 valence electrons. The van der Waals surface area contributed by atoms with Gasteiger partial charge in [-0.2, -0.15) is 18.3 Å². The lowest BCUT2D eigenvalue weighted by Gasteiger charge is -2.18. The first kappa shape index (κ1) is 23.3. The summed E-state index contributed by atoms with van der Waals surface area (Å²) in [5.74, 6) is -0.575. The molecule has 0 bridgehead atoms. The van der Waals surface area contributed by atoms with Crippen LogP contribution < -0.4 is 20.7 Å². The Labute approximate surface area is 191 Å². The first-order valence-corrected chi connectivity index (χ1v) is 10.2. The molecule has 10 nitrogen and oxygen atoms in total. The molecule has 4 N–H and O–H groups in total. The Bertz CT molecular complexity index is 1260. The van der Waals surface area contributed by atoms with E-state index in [-0.39, 0.29) is 45.8 Å². The van der Waals surface area contributed by atoms with Crippen molar-refractivity contribution in [2.24, 2.45) is 5.92 Å². The lowest BCUT2D eigenvalue weighted by molar-refractivity contribution is -0.206. The summed E-state index contributed by atoms with van der Waals surface area (Å²) in [6, 6.07) is 2.93. The second-order valence-electron chi connectivity index (χ2n) is 7.68. The smallest absolute Gasteiger partial charge is 0.418 e. The van der Waals surface area contributed by atoms with Gasteiger partial charge in [0.1, 0.15) is 11.3 Å². The van der Waals surface area contributed by atoms with Gasteiger partial charge in [-0.1, -0.05) is 0 Å². The molecule has 1 aliphatic carbocycles. The molecule has 0 saturated heterocycles. The van der Waals surface area contributed by atoms with E-state index in [2.05, 4.69) is 26.0 Å². The number of ether oxygens (including phenoxy) is 1. The molecule has 1 fully saturated rings. The number of nitrogens with zero attached hydrogens (tertiary/aromatic N) is 3. The zero-order valence-electron chi connectivity index (χ0n) is 18.1. The number of aliphatic hydroxyl groups is 1. The van der Waals surface area contributed by atoms with Crippen molar-refractivity contribution in [3.05, 3.63) is 41.9 Å². The Morgan fingerprint density at radius 1 is 1.26 bits per heavy atom. The zero-order valence-corrected chi connectivity index (χ0v) is 18.1. The summed E-state index contributed by atoms with van der Waals surface area (Å²) in [5.41, 5.74) is -0.0536. The van der Waals surface area contributed by atoms with E-state index in [0.29, 0.717) is 0 Å². The Morgan fingerprint density at radius 2 is 2.00 bits per heavy atom.